The van der Waals surface area contributed by atoms with Crippen LogP contribution in [-0.2, 0) is 9.53 Å². The van der Waals surface area contributed by atoms with Crippen molar-refractivity contribution in [3.63, 3.8) is 0 Å². The van der Waals surface area contributed by atoms with Crippen molar-refractivity contribution in [2.75, 3.05) is 0 Å². The number of ether oxygens (including phenoxy) is 1. The number of cyclic esters (lactones) is 1. The monoisotopic (exact) mass is 228 g/mol. The van der Waals surface area contributed by atoms with E-state index in [-0.39, 0.29) is 18.0 Å². The number of carbonyl (C=O) groups is 1. The number of benzene rings is 1. The number of hydrogen-bond acceptors (Lipinski definition) is 2. The Bertz CT molecular complexity index is 471. The van der Waals surface area contributed by atoms with Crippen LogP contribution in [0.2, 0.25) is 0 Å². The molecule has 1 aliphatic rings. The van der Waals surface area contributed by atoms with E-state index >= 15 is 0 Å². The SMILES string of the molecule is C=CC(c1ccccc1)C1OC(=O)C(C)=C1C. The van der Waals surface area contributed by atoms with E-state index in [1.165, 1.54) is 0 Å². The van der Waals surface area contributed by atoms with Crippen LogP contribution < -0.4 is 0 Å². The summed E-state index contributed by atoms with van der Waals surface area (Å²) in [5, 5.41) is 0. The molecule has 2 unspecified atom stereocenters. The van der Waals surface area contributed by atoms with Gasteiger partial charge in [0.1, 0.15) is 6.10 Å². The summed E-state index contributed by atoms with van der Waals surface area (Å²) < 4.78 is 5.41. The van der Waals surface area contributed by atoms with Gasteiger partial charge in [-0.1, -0.05) is 36.4 Å². The molecular weight excluding hydrogens is 212 g/mol. The van der Waals surface area contributed by atoms with E-state index in [9.17, 15) is 4.79 Å². The summed E-state index contributed by atoms with van der Waals surface area (Å²) in [6.45, 7) is 7.61. The first kappa shape index (κ1) is 11.6. The van der Waals surface area contributed by atoms with Crippen LogP contribution in [0.25, 0.3) is 0 Å². The molecule has 0 bridgehead atoms. The fraction of sp³-hybridized carbons (Fsp3) is 0.267. The molecule has 0 saturated heterocycles. The molecule has 2 heteroatoms. The molecular formula is C15H16O2. The molecule has 0 radical (unpaired) electrons. The van der Waals surface area contributed by atoms with E-state index in [0.29, 0.717) is 0 Å². The predicted molar refractivity (Wildman–Crippen MR) is 67.6 cm³/mol. The predicted octanol–water partition coefficient (Wildman–Crippen LogP) is 3.22. The highest BCUT2D eigenvalue weighted by Crippen LogP contribution is 2.33. The molecule has 1 heterocycles. The molecule has 0 N–H and O–H groups in total. The van der Waals surface area contributed by atoms with E-state index in [0.717, 1.165) is 16.7 Å². The Balaban J connectivity index is 2.34. The number of hydrogen-bond donors (Lipinski definition) is 0. The topological polar surface area (TPSA) is 26.3 Å². The number of esters is 1. The quantitative estimate of drug-likeness (QED) is 0.586. The zero-order valence-corrected chi connectivity index (χ0v) is 10.1. The molecule has 0 aliphatic carbocycles. The average Bonchev–Trinajstić information content (AvgIpc) is 2.60. The minimum atomic E-state index is -0.213. The number of carbonyl (C=O) groups excluding carboxylic acids is 1. The van der Waals surface area contributed by atoms with Crippen LogP contribution in [0, 0.1) is 0 Å². The van der Waals surface area contributed by atoms with Gasteiger partial charge < -0.3 is 4.74 Å². The van der Waals surface area contributed by atoms with Crippen molar-refractivity contribution in [2.45, 2.75) is 25.9 Å². The zero-order valence-electron chi connectivity index (χ0n) is 10.1. The van der Waals surface area contributed by atoms with Crippen molar-refractivity contribution in [3.05, 3.63) is 59.7 Å². The zero-order chi connectivity index (χ0) is 12.4. The molecule has 2 rings (SSSR count). The normalized spacial score (nSPS) is 21.3. The summed E-state index contributed by atoms with van der Waals surface area (Å²) >= 11 is 0. The van der Waals surface area contributed by atoms with Crippen molar-refractivity contribution in [1.29, 1.82) is 0 Å². The molecule has 17 heavy (non-hydrogen) atoms. The molecule has 1 aromatic rings. The third-order valence-electron chi connectivity index (χ3n) is 3.32. The van der Waals surface area contributed by atoms with Crippen molar-refractivity contribution >= 4 is 5.97 Å². The molecule has 0 saturated carbocycles. The highest BCUT2D eigenvalue weighted by molar-refractivity contribution is 5.91. The lowest BCUT2D eigenvalue weighted by Gasteiger charge is -2.21. The van der Waals surface area contributed by atoms with Crippen LogP contribution in [0.15, 0.2) is 54.1 Å². The maximum Gasteiger partial charge on any atom is 0.334 e. The fourth-order valence-corrected chi connectivity index (χ4v) is 2.12. The van der Waals surface area contributed by atoms with Gasteiger partial charge in [0.05, 0.1) is 0 Å². The van der Waals surface area contributed by atoms with Crippen molar-refractivity contribution in [3.8, 4) is 0 Å². The highest BCUT2D eigenvalue weighted by Gasteiger charge is 2.33. The first-order chi connectivity index (χ1) is 8.15. The Kier molecular flexibility index (Phi) is 3.14. The summed E-state index contributed by atoms with van der Waals surface area (Å²) in [6.07, 6.45) is 1.64. The molecule has 88 valence electrons. The van der Waals surface area contributed by atoms with E-state index in [4.69, 9.17) is 4.74 Å². The minimum Gasteiger partial charge on any atom is -0.453 e. The first-order valence-electron chi connectivity index (χ1n) is 5.71. The first-order valence-corrected chi connectivity index (χ1v) is 5.71. The van der Waals surface area contributed by atoms with Crippen molar-refractivity contribution in [1.82, 2.24) is 0 Å². The second kappa shape index (κ2) is 4.58. The van der Waals surface area contributed by atoms with Crippen LogP contribution in [0.5, 0.6) is 0 Å². The Morgan fingerprint density at radius 3 is 2.41 bits per heavy atom. The van der Waals surface area contributed by atoms with E-state index < -0.39 is 0 Å². The van der Waals surface area contributed by atoms with Gasteiger partial charge in [0.15, 0.2) is 0 Å². The van der Waals surface area contributed by atoms with Gasteiger partial charge >= 0.3 is 5.97 Å². The molecule has 0 aromatic heterocycles. The Morgan fingerprint density at radius 1 is 1.29 bits per heavy atom. The fourth-order valence-electron chi connectivity index (χ4n) is 2.12. The third kappa shape index (κ3) is 2.03. The summed E-state index contributed by atoms with van der Waals surface area (Å²) in [4.78, 5) is 11.5. The van der Waals surface area contributed by atoms with Crippen molar-refractivity contribution < 1.29 is 9.53 Å². The lowest BCUT2D eigenvalue weighted by Crippen LogP contribution is -2.19. The van der Waals surface area contributed by atoms with Gasteiger partial charge in [0.2, 0.25) is 0 Å². The van der Waals surface area contributed by atoms with Gasteiger partial charge in [-0.05, 0) is 25.0 Å². The Hall–Kier alpha value is -1.83. The molecule has 2 nitrogen and oxygen atoms in total. The molecule has 0 fully saturated rings. The number of rotatable bonds is 3. The van der Waals surface area contributed by atoms with E-state index in [2.05, 4.69) is 6.58 Å². The second-order valence-corrected chi connectivity index (χ2v) is 4.31. The summed E-state index contributed by atoms with van der Waals surface area (Å²) in [5.74, 6) is -0.187. The van der Waals surface area contributed by atoms with E-state index in [1.807, 2.05) is 50.3 Å². The summed E-state index contributed by atoms with van der Waals surface area (Å²) in [5.41, 5.74) is 2.84. The third-order valence-corrected chi connectivity index (χ3v) is 3.32. The maximum atomic E-state index is 11.5. The van der Waals surface area contributed by atoms with Crippen molar-refractivity contribution in [2.24, 2.45) is 0 Å². The van der Waals surface area contributed by atoms with Crippen LogP contribution in [-0.4, -0.2) is 12.1 Å². The highest BCUT2D eigenvalue weighted by atomic mass is 16.5. The molecule has 1 aromatic carbocycles. The maximum absolute atomic E-state index is 11.5. The largest absolute Gasteiger partial charge is 0.453 e. The molecule has 0 spiro atoms. The van der Waals surface area contributed by atoms with Crippen LogP contribution in [0.3, 0.4) is 0 Å². The lowest BCUT2D eigenvalue weighted by molar-refractivity contribution is -0.140. The summed E-state index contributed by atoms with van der Waals surface area (Å²) in [7, 11) is 0. The Morgan fingerprint density at radius 2 is 1.94 bits per heavy atom. The molecule has 0 amide bonds. The lowest BCUT2D eigenvalue weighted by atomic mass is 9.89. The average molecular weight is 228 g/mol. The Labute approximate surface area is 102 Å². The van der Waals surface area contributed by atoms with Gasteiger partial charge in [-0.15, -0.1) is 6.58 Å². The summed E-state index contributed by atoms with van der Waals surface area (Å²) in [6, 6.07) is 9.99. The smallest absolute Gasteiger partial charge is 0.334 e. The molecule has 2 atom stereocenters. The van der Waals surface area contributed by atoms with Gasteiger partial charge in [-0.3, -0.25) is 0 Å². The van der Waals surface area contributed by atoms with Gasteiger partial charge in [-0.25, -0.2) is 4.79 Å². The second-order valence-electron chi connectivity index (χ2n) is 4.31. The van der Waals surface area contributed by atoms with Gasteiger partial charge in [-0.2, -0.15) is 0 Å². The standard InChI is InChI=1S/C15H16O2/c1-4-13(12-8-6-5-7-9-12)14-10(2)11(3)15(16)17-14/h4-9,13-14H,1H2,2-3H3. The van der Waals surface area contributed by atoms with Crippen LogP contribution >= 0.6 is 0 Å². The van der Waals surface area contributed by atoms with Crippen LogP contribution in [0.4, 0.5) is 0 Å². The van der Waals surface area contributed by atoms with Crippen LogP contribution in [0.1, 0.15) is 25.3 Å². The minimum absolute atomic E-state index is 0.0256. The molecule has 1 aliphatic heterocycles. The van der Waals surface area contributed by atoms with Gasteiger partial charge in [0.25, 0.3) is 0 Å². The van der Waals surface area contributed by atoms with E-state index in [1.54, 1.807) is 0 Å². The van der Waals surface area contributed by atoms with Gasteiger partial charge in [0, 0.05) is 11.5 Å².